The Morgan fingerprint density at radius 2 is 2.12 bits per heavy atom. The van der Waals surface area contributed by atoms with Crippen LogP contribution < -0.4 is 10.6 Å². The Kier molecular flexibility index (Phi) is 6.97. The van der Waals surface area contributed by atoms with Crippen molar-refractivity contribution in [1.82, 2.24) is 5.32 Å². The topological polar surface area (TPSA) is 24.1 Å². The van der Waals surface area contributed by atoms with Gasteiger partial charge >= 0.3 is 0 Å². The van der Waals surface area contributed by atoms with Crippen LogP contribution in [-0.2, 0) is 0 Å². The Morgan fingerprint density at radius 3 is 2.82 bits per heavy atom. The number of thiocarbonyl (C=S) groups is 1. The van der Waals surface area contributed by atoms with E-state index in [9.17, 15) is 0 Å². The van der Waals surface area contributed by atoms with Gasteiger partial charge < -0.3 is 10.6 Å². The van der Waals surface area contributed by atoms with Crippen LogP contribution in [0.1, 0.15) is 32.6 Å². The van der Waals surface area contributed by atoms with E-state index < -0.39 is 0 Å². The van der Waals surface area contributed by atoms with E-state index in [0.29, 0.717) is 10.1 Å². The van der Waals surface area contributed by atoms with E-state index >= 15 is 0 Å². The van der Waals surface area contributed by atoms with Crippen LogP contribution >= 0.6 is 23.8 Å². The van der Waals surface area contributed by atoms with E-state index in [4.69, 9.17) is 23.8 Å². The lowest BCUT2D eigenvalue weighted by molar-refractivity contribution is 0.655. The summed E-state index contributed by atoms with van der Waals surface area (Å²) in [6, 6.07) is 7.53. The van der Waals surface area contributed by atoms with Gasteiger partial charge in [0.2, 0.25) is 0 Å². The average molecular weight is 271 g/mol. The fourth-order valence-electron chi connectivity index (χ4n) is 1.50. The number of benzene rings is 1. The summed E-state index contributed by atoms with van der Waals surface area (Å²) >= 11 is 11.1. The number of rotatable bonds is 6. The molecule has 0 aliphatic carbocycles. The van der Waals surface area contributed by atoms with Gasteiger partial charge in [0.25, 0.3) is 0 Å². The maximum Gasteiger partial charge on any atom is 0.170 e. The predicted molar refractivity (Wildman–Crippen MR) is 79.8 cm³/mol. The molecule has 0 unspecified atom stereocenters. The molecule has 2 nitrogen and oxygen atoms in total. The second-order valence-electron chi connectivity index (χ2n) is 3.95. The molecule has 1 rings (SSSR count). The maximum absolute atomic E-state index is 5.89. The Bertz CT molecular complexity index is 355. The van der Waals surface area contributed by atoms with Crippen molar-refractivity contribution in [3.8, 4) is 0 Å². The summed E-state index contributed by atoms with van der Waals surface area (Å²) in [6.45, 7) is 3.13. The summed E-state index contributed by atoms with van der Waals surface area (Å²) in [7, 11) is 0. The molecule has 0 spiro atoms. The number of hydrogen-bond acceptors (Lipinski definition) is 1. The van der Waals surface area contributed by atoms with Crippen LogP contribution in [0.4, 0.5) is 5.69 Å². The van der Waals surface area contributed by atoms with Crippen molar-refractivity contribution < 1.29 is 0 Å². The highest BCUT2D eigenvalue weighted by molar-refractivity contribution is 7.80. The third-order valence-electron chi connectivity index (χ3n) is 2.40. The van der Waals surface area contributed by atoms with Gasteiger partial charge in [0.1, 0.15) is 0 Å². The van der Waals surface area contributed by atoms with Crippen molar-refractivity contribution in [1.29, 1.82) is 0 Å². The molecule has 4 heteroatoms. The first-order valence-electron chi connectivity index (χ1n) is 6.03. The fraction of sp³-hybridized carbons (Fsp3) is 0.462. The highest BCUT2D eigenvalue weighted by atomic mass is 35.5. The van der Waals surface area contributed by atoms with Crippen LogP contribution in [0.25, 0.3) is 0 Å². The normalized spacial score (nSPS) is 10.0. The maximum atomic E-state index is 5.89. The molecule has 0 aliphatic heterocycles. The predicted octanol–water partition coefficient (Wildman–Crippen LogP) is 4.21. The van der Waals surface area contributed by atoms with Gasteiger partial charge in [-0.2, -0.15) is 0 Å². The molecule has 94 valence electrons. The number of unbranched alkanes of at least 4 members (excludes halogenated alkanes) is 3. The first-order chi connectivity index (χ1) is 8.22. The molecule has 0 heterocycles. The van der Waals surface area contributed by atoms with Gasteiger partial charge in [0.05, 0.1) is 0 Å². The Balaban J connectivity index is 2.21. The quantitative estimate of drug-likeness (QED) is 0.598. The molecule has 0 aromatic heterocycles. The van der Waals surface area contributed by atoms with E-state index in [1.165, 1.54) is 19.3 Å². The Morgan fingerprint density at radius 1 is 1.29 bits per heavy atom. The molecule has 1 aromatic carbocycles. The second-order valence-corrected chi connectivity index (χ2v) is 4.80. The third-order valence-corrected chi connectivity index (χ3v) is 2.88. The second kappa shape index (κ2) is 8.31. The monoisotopic (exact) mass is 270 g/mol. The molecule has 0 fully saturated rings. The summed E-state index contributed by atoms with van der Waals surface area (Å²) in [5.74, 6) is 0. The number of anilines is 1. The zero-order valence-electron chi connectivity index (χ0n) is 10.1. The van der Waals surface area contributed by atoms with Crippen LogP contribution in [0.5, 0.6) is 0 Å². The van der Waals surface area contributed by atoms with Crippen molar-refractivity contribution in [3.63, 3.8) is 0 Å². The van der Waals surface area contributed by atoms with Crippen molar-refractivity contribution >= 4 is 34.6 Å². The molecular formula is C13H19ClN2S. The highest BCUT2D eigenvalue weighted by Gasteiger charge is 1.97. The van der Waals surface area contributed by atoms with Gasteiger partial charge in [-0.15, -0.1) is 0 Å². The van der Waals surface area contributed by atoms with Crippen LogP contribution in [0.15, 0.2) is 24.3 Å². The minimum Gasteiger partial charge on any atom is -0.362 e. The van der Waals surface area contributed by atoms with E-state index in [1.54, 1.807) is 0 Å². The number of hydrogen-bond donors (Lipinski definition) is 2. The van der Waals surface area contributed by atoms with Crippen LogP contribution in [0.3, 0.4) is 0 Å². The first kappa shape index (κ1) is 14.3. The van der Waals surface area contributed by atoms with E-state index in [2.05, 4.69) is 17.6 Å². The highest BCUT2D eigenvalue weighted by Crippen LogP contribution is 2.14. The molecule has 0 aliphatic rings. The molecule has 0 bridgehead atoms. The average Bonchev–Trinajstić information content (AvgIpc) is 2.29. The molecule has 2 N–H and O–H groups in total. The van der Waals surface area contributed by atoms with Gasteiger partial charge in [-0.3, -0.25) is 0 Å². The zero-order valence-corrected chi connectivity index (χ0v) is 11.7. The largest absolute Gasteiger partial charge is 0.362 e. The van der Waals surface area contributed by atoms with Crippen molar-refractivity contribution in [2.45, 2.75) is 32.6 Å². The molecule has 0 atom stereocenters. The smallest absolute Gasteiger partial charge is 0.170 e. The van der Waals surface area contributed by atoms with Gasteiger partial charge in [0.15, 0.2) is 5.11 Å². The molecule has 17 heavy (non-hydrogen) atoms. The minimum atomic E-state index is 0.656. The molecule has 0 saturated heterocycles. The lowest BCUT2D eigenvalue weighted by atomic mass is 10.2. The molecule has 1 aromatic rings. The molecule has 0 amide bonds. The molecule has 0 radical (unpaired) electrons. The van der Waals surface area contributed by atoms with E-state index in [1.807, 2.05) is 24.3 Å². The van der Waals surface area contributed by atoms with Gasteiger partial charge in [-0.25, -0.2) is 0 Å². The van der Waals surface area contributed by atoms with Gasteiger partial charge in [-0.1, -0.05) is 43.9 Å². The summed E-state index contributed by atoms with van der Waals surface area (Å²) in [4.78, 5) is 0. The lowest BCUT2D eigenvalue weighted by Gasteiger charge is -2.10. The van der Waals surface area contributed by atoms with E-state index in [0.717, 1.165) is 18.7 Å². The summed E-state index contributed by atoms with van der Waals surface area (Å²) < 4.78 is 0. The van der Waals surface area contributed by atoms with Crippen molar-refractivity contribution in [3.05, 3.63) is 29.3 Å². The Hall–Kier alpha value is -0.800. The lowest BCUT2D eigenvalue weighted by Crippen LogP contribution is -2.29. The number of halogens is 1. The van der Waals surface area contributed by atoms with Crippen LogP contribution in [-0.4, -0.2) is 11.7 Å². The Labute approximate surface area is 114 Å². The van der Waals surface area contributed by atoms with Gasteiger partial charge in [-0.05, 0) is 36.8 Å². The van der Waals surface area contributed by atoms with Crippen molar-refractivity contribution in [2.75, 3.05) is 11.9 Å². The summed E-state index contributed by atoms with van der Waals surface area (Å²) in [5.41, 5.74) is 0.920. The van der Waals surface area contributed by atoms with Crippen molar-refractivity contribution in [2.24, 2.45) is 0 Å². The van der Waals surface area contributed by atoms with E-state index in [-0.39, 0.29) is 0 Å². The number of nitrogens with one attached hydrogen (secondary N) is 2. The molecular weight excluding hydrogens is 252 g/mol. The minimum absolute atomic E-state index is 0.656. The standard InChI is InChI=1S/C13H19ClN2S/c1-2-3-4-5-9-15-13(17)16-12-8-6-7-11(14)10-12/h6-8,10H,2-5,9H2,1H3,(H2,15,16,17). The summed E-state index contributed by atoms with van der Waals surface area (Å²) in [6.07, 6.45) is 4.95. The van der Waals surface area contributed by atoms with Crippen LogP contribution in [0, 0.1) is 0 Å². The fourth-order valence-corrected chi connectivity index (χ4v) is 1.91. The van der Waals surface area contributed by atoms with Crippen LogP contribution in [0.2, 0.25) is 5.02 Å². The first-order valence-corrected chi connectivity index (χ1v) is 6.81. The zero-order chi connectivity index (χ0) is 12.5. The van der Waals surface area contributed by atoms with Gasteiger partial charge in [0, 0.05) is 17.3 Å². The summed E-state index contributed by atoms with van der Waals surface area (Å²) in [5, 5.41) is 7.66. The third kappa shape index (κ3) is 6.49. The SMILES string of the molecule is CCCCCCNC(=S)Nc1cccc(Cl)c1. The molecule has 0 saturated carbocycles.